The Kier molecular flexibility index (Phi) is 4.14. The predicted molar refractivity (Wildman–Crippen MR) is 88.9 cm³/mol. The predicted octanol–water partition coefficient (Wildman–Crippen LogP) is 1.31. The summed E-state index contributed by atoms with van der Waals surface area (Å²) in [5.74, 6) is -1.72. The van der Waals surface area contributed by atoms with E-state index in [0.717, 1.165) is 5.69 Å². The Morgan fingerprint density at radius 1 is 1.28 bits per heavy atom. The molecule has 1 unspecified atom stereocenters. The van der Waals surface area contributed by atoms with Gasteiger partial charge in [-0.25, -0.2) is 4.79 Å². The number of hydrogen-bond acceptors (Lipinski definition) is 4. The minimum Gasteiger partial charge on any atom is -0.479 e. The summed E-state index contributed by atoms with van der Waals surface area (Å²) in [7, 11) is 1.87. The highest BCUT2D eigenvalue weighted by atomic mass is 16.4. The lowest BCUT2D eigenvalue weighted by atomic mass is 10.0. The van der Waals surface area contributed by atoms with E-state index < -0.39 is 17.9 Å². The maximum Gasteiger partial charge on any atom is 0.331 e. The number of amides is 1. The van der Waals surface area contributed by atoms with Gasteiger partial charge in [0.15, 0.2) is 6.04 Å². The van der Waals surface area contributed by atoms with E-state index in [1.807, 2.05) is 29.9 Å². The maximum absolute atomic E-state index is 12.5. The molecule has 3 aromatic rings. The lowest BCUT2D eigenvalue weighted by Crippen LogP contribution is -2.34. The molecule has 1 atom stereocenters. The van der Waals surface area contributed by atoms with Gasteiger partial charge in [0.25, 0.3) is 5.91 Å². The van der Waals surface area contributed by atoms with Gasteiger partial charge < -0.3 is 15.0 Å². The molecular weight excluding hydrogens is 324 g/mol. The third kappa shape index (κ3) is 3.03. The molecule has 0 aliphatic carbocycles. The number of aromatic nitrogens is 5. The third-order valence-electron chi connectivity index (χ3n) is 4.02. The highest BCUT2D eigenvalue weighted by Crippen LogP contribution is 2.21. The SMILES string of the molecule is Cc1n[nH]c(C)c1C(NC(=O)c1cc(-c2cccn2C)n[nH]1)C(=O)O. The first-order valence-electron chi connectivity index (χ1n) is 7.60. The van der Waals surface area contributed by atoms with Crippen molar-refractivity contribution in [3.63, 3.8) is 0 Å². The number of carbonyl (C=O) groups excluding carboxylic acids is 1. The molecule has 0 saturated heterocycles. The van der Waals surface area contributed by atoms with Crippen molar-refractivity contribution in [1.82, 2.24) is 30.3 Å². The van der Waals surface area contributed by atoms with Crippen LogP contribution in [-0.4, -0.2) is 41.9 Å². The van der Waals surface area contributed by atoms with E-state index in [1.54, 1.807) is 19.9 Å². The Labute approximate surface area is 143 Å². The van der Waals surface area contributed by atoms with Gasteiger partial charge in [0.05, 0.1) is 11.4 Å². The summed E-state index contributed by atoms with van der Waals surface area (Å²) in [6.07, 6.45) is 1.87. The number of hydrogen-bond donors (Lipinski definition) is 4. The molecule has 0 aliphatic heterocycles. The van der Waals surface area contributed by atoms with Crippen LogP contribution in [0, 0.1) is 13.8 Å². The van der Waals surface area contributed by atoms with E-state index in [0.29, 0.717) is 22.6 Å². The molecule has 0 saturated carbocycles. The van der Waals surface area contributed by atoms with Gasteiger partial charge in [0.1, 0.15) is 11.4 Å². The first-order valence-corrected chi connectivity index (χ1v) is 7.60. The number of aliphatic carboxylic acids is 1. The zero-order valence-electron chi connectivity index (χ0n) is 14.0. The van der Waals surface area contributed by atoms with E-state index in [2.05, 4.69) is 25.7 Å². The zero-order chi connectivity index (χ0) is 18.1. The van der Waals surface area contributed by atoms with Gasteiger partial charge in [-0.3, -0.25) is 15.0 Å². The molecule has 0 fully saturated rings. The average molecular weight is 342 g/mol. The van der Waals surface area contributed by atoms with Crippen LogP contribution in [0.15, 0.2) is 24.4 Å². The van der Waals surface area contributed by atoms with Gasteiger partial charge in [-0.15, -0.1) is 0 Å². The number of carboxylic acid groups (broad SMARTS) is 1. The van der Waals surface area contributed by atoms with Gasteiger partial charge in [0.2, 0.25) is 0 Å². The zero-order valence-corrected chi connectivity index (χ0v) is 14.0. The van der Waals surface area contributed by atoms with Gasteiger partial charge in [0, 0.05) is 24.5 Å². The molecule has 3 rings (SSSR count). The molecule has 0 aromatic carbocycles. The normalized spacial score (nSPS) is 12.1. The number of nitrogens with one attached hydrogen (secondary N) is 3. The lowest BCUT2D eigenvalue weighted by molar-refractivity contribution is -0.139. The minimum atomic E-state index is -1.20. The second-order valence-corrected chi connectivity index (χ2v) is 5.76. The van der Waals surface area contributed by atoms with Gasteiger partial charge in [-0.1, -0.05) is 0 Å². The second-order valence-electron chi connectivity index (χ2n) is 5.76. The van der Waals surface area contributed by atoms with E-state index in [9.17, 15) is 14.7 Å². The van der Waals surface area contributed by atoms with Crippen LogP contribution in [0.5, 0.6) is 0 Å². The first-order chi connectivity index (χ1) is 11.9. The highest BCUT2D eigenvalue weighted by Gasteiger charge is 2.28. The average Bonchev–Trinajstić information content (AvgIpc) is 3.26. The van der Waals surface area contributed by atoms with Crippen LogP contribution in [0.3, 0.4) is 0 Å². The molecule has 0 radical (unpaired) electrons. The first kappa shape index (κ1) is 16.5. The maximum atomic E-state index is 12.5. The molecule has 130 valence electrons. The van der Waals surface area contributed by atoms with Crippen LogP contribution in [0.1, 0.15) is 33.5 Å². The highest BCUT2D eigenvalue weighted by molar-refractivity contribution is 5.96. The summed E-state index contributed by atoms with van der Waals surface area (Å²) in [5, 5.41) is 25.5. The van der Waals surface area contributed by atoms with Crippen molar-refractivity contribution in [2.75, 3.05) is 0 Å². The number of aryl methyl sites for hydroxylation is 3. The molecule has 1 amide bonds. The Balaban J connectivity index is 1.85. The van der Waals surface area contributed by atoms with Crippen LogP contribution >= 0.6 is 0 Å². The standard InChI is InChI=1S/C16H18N6O3/c1-8-13(9(2)19-18-8)14(16(24)25)17-15(23)11-7-10(20-21-11)12-5-4-6-22(12)3/h4-7,14H,1-3H3,(H,17,23)(H,18,19)(H,20,21)(H,24,25). The van der Waals surface area contributed by atoms with Crippen molar-refractivity contribution in [1.29, 1.82) is 0 Å². The summed E-state index contributed by atoms with van der Waals surface area (Å²) < 4.78 is 1.87. The number of carbonyl (C=O) groups is 2. The summed E-state index contributed by atoms with van der Waals surface area (Å²) >= 11 is 0. The molecule has 0 aliphatic rings. The fourth-order valence-electron chi connectivity index (χ4n) is 2.75. The molecule has 25 heavy (non-hydrogen) atoms. The van der Waals surface area contributed by atoms with Gasteiger partial charge in [-0.05, 0) is 32.0 Å². The van der Waals surface area contributed by atoms with Crippen molar-refractivity contribution in [2.45, 2.75) is 19.9 Å². The quantitative estimate of drug-likeness (QED) is 0.556. The van der Waals surface area contributed by atoms with Gasteiger partial charge in [-0.2, -0.15) is 10.2 Å². The van der Waals surface area contributed by atoms with E-state index in [4.69, 9.17) is 0 Å². The van der Waals surface area contributed by atoms with E-state index >= 15 is 0 Å². The molecule has 0 spiro atoms. The number of carboxylic acids is 1. The van der Waals surface area contributed by atoms with Crippen LogP contribution in [0.4, 0.5) is 0 Å². The van der Waals surface area contributed by atoms with Crippen molar-refractivity contribution in [3.05, 3.63) is 47.0 Å². The Bertz CT molecular complexity index is 916. The van der Waals surface area contributed by atoms with Crippen molar-refractivity contribution in [2.24, 2.45) is 7.05 Å². The number of rotatable bonds is 5. The molecule has 9 heteroatoms. The number of H-pyrrole nitrogens is 2. The van der Waals surface area contributed by atoms with E-state index in [-0.39, 0.29) is 5.69 Å². The van der Waals surface area contributed by atoms with Crippen LogP contribution in [-0.2, 0) is 11.8 Å². The van der Waals surface area contributed by atoms with Crippen LogP contribution in [0.25, 0.3) is 11.4 Å². The minimum absolute atomic E-state index is 0.182. The van der Waals surface area contributed by atoms with Crippen LogP contribution in [0.2, 0.25) is 0 Å². The third-order valence-corrected chi connectivity index (χ3v) is 4.02. The molecule has 0 bridgehead atoms. The molecule has 4 N–H and O–H groups in total. The summed E-state index contributed by atoms with van der Waals surface area (Å²) in [5.41, 5.74) is 3.19. The Morgan fingerprint density at radius 2 is 2.04 bits per heavy atom. The molecular formula is C16H18N6O3. The Hall–Kier alpha value is -3.36. The van der Waals surface area contributed by atoms with Crippen LogP contribution < -0.4 is 5.32 Å². The van der Waals surface area contributed by atoms with Crippen molar-refractivity contribution < 1.29 is 14.7 Å². The monoisotopic (exact) mass is 342 g/mol. The van der Waals surface area contributed by atoms with Crippen molar-refractivity contribution in [3.8, 4) is 11.4 Å². The number of aromatic amines is 2. The fraction of sp³-hybridized carbons (Fsp3) is 0.250. The molecule has 9 nitrogen and oxygen atoms in total. The van der Waals surface area contributed by atoms with Gasteiger partial charge >= 0.3 is 5.97 Å². The Morgan fingerprint density at radius 3 is 2.60 bits per heavy atom. The van der Waals surface area contributed by atoms with Crippen molar-refractivity contribution >= 4 is 11.9 Å². The summed E-state index contributed by atoms with van der Waals surface area (Å²) in [6.45, 7) is 3.39. The lowest BCUT2D eigenvalue weighted by Gasteiger charge is -2.14. The number of nitrogens with zero attached hydrogens (tertiary/aromatic N) is 3. The topological polar surface area (TPSA) is 129 Å². The molecule has 3 aromatic heterocycles. The largest absolute Gasteiger partial charge is 0.479 e. The fourth-order valence-corrected chi connectivity index (χ4v) is 2.75. The second kappa shape index (κ2) is 6.27. The summed E-state index contributed by atoms with van der Waals surface area (Å²) in [4.78, 5) is 24.1. The van der Waals surface area contributed by atoms with E-state index in [1.165, 1.54) is 0 Å². The smallest absolute Gasteiger partial charge is 0.331 e. The summed E-state index contributed by atoms with van der Waals surface area (Å²) in [6, 6.07) is 4.12. The molecule has 3 heterocycles.